The molecule has 122 valence electrons. The van der Waals surface area contributed by atoms with E-state index in [0.29, 0.717) is 6.04 Å². The van der Waals surface area contributed by atoms with Crippen LogP contribution in [-0.4, -0.2) is 23.8 Å². The fraction of sp³-hybridized carbons (Fsp3) is 0.588. The van der Waals surface area contributed by atoms with Crippen LogP contribution in [0.3, 0.4) is 0 Å². The van der Waals surface area contributed by atoms with Crippen LogP contribution in [0.5, 0.6) is 0 Å². The van der Waals surface area contributed by atoms with Gasteiger partial charge in [0.1, 0.15) is 5.60 Å². The molecule has 2 N–H and O–H groups in total. The molecule has 0 atom stereocenters. The predicted octanol–water partition coefficient (Wildman–Crippen LogP) is 4.70. The SMILES string of the molecule is CC(C)(C)OC(=O)NC1CCC(Nc2cccc(Br)c2)CC1. The topological polar surface area (TPSA) is 50.4 Å². The molecule has 5 heteroatoms. The standard InChI is InChI=1S/C17H25BrN2O2/c1-17(2,3)22-16(21)20-14-9-7-13(8-10-14)19-15-6-4-5-12(18)11-15/h4-6,11,13-14,19H,7-10H2,1-3H3,(H,20,21). The van der Waals surface area contributed by atoms with Gasteiger partial charge < -0.3 is 15.4 Å². The first-order chi connectivity index (χ1) is 10.3. The van der Waals surface area contributed by atoms with Crippen molar-refractivity contribution in [2.75, 3.05) is 5.32 Å². The number of halogens is 1. The first-order valence-electron chi connectivity index (χ1n) is 7.83. The lowest BCUT2D eigenvalue weighted by Gasteiger charge is -2.31. The number of ether oxygens (including phenoxy) is 1. The van der Waals surface area contributed by atoms with Crippen molar-refractivity contribution in [3.05, 3.63) is 28.7 Å². The van der Waals surface area contributed by atoms with Crippen molar-refractivity contribution in [1.29, 1.82) is 0 Å². The van der Waals surface area contributed by atoms with E-state index in [1.807, 2.05) is 32.9 Å². The molecule has 1 amide bonds. The van der Waals surface area contributed by atoms with Crippen molar-refractivity contribution in [3.63, 3.8) is 0 Å². The molecule has 1 fully saturated rings. The number of nitrogens with one attached hydrogen (secondary N) is 2. The maximum Gasteiger partial charge on any atom is 0.407 e. The second kappa shape index (κ2) is 7.36. The maximum atomic E-state index is 11.8. The summed E-state index contributed by atoms with van der Waals surface area (Å²) in [5, 5.41) is 6.53. The predicted molar refractivity (Wildman–Crippen MR) is 93.2 cm³/mol. The zero-order valence-corrected chi connectivity index (χ0v) is 15.1. The van der Waals surface area contributed by atoms with Crippen LogP contribution in [-0.2, 0) is 4.74 Å². The minimum absolute atomic E-state index is 0.218. The van der Waals surface area contributed by atoms with Crippen LogP contribution in [0.1, 0.15) is 46.5 Å². The zero-order chi connectivity index (χ0) is 16.2. The summed E-state index contributed by atoms with van der Waals surface area (Å²) in [6.45, 7) is 5.64. The molecule has 0 saturated heterocycles. The second-order valence-electron chi connectivity index (χ2n) is 6.85. The molecule has 0 radical (unpaired) electrons. The zero-order valence-electron chi connectivity index (χ0n) is 13.5. The number of hydrogen-bond donors (Lipinski definition) is 2. The van der Waals surface area contributed by atoms with E-state index >= 15 is 0 Å². The molecule has 4 nitrogen and oxygen atoms in total. The number of anilines is 1. The van der Waals surface area contributed by atoms with Gasteiger partial charge in [-0.05, 0) is 64.7 Å². The number of hydrogen-bond acceptors (Lipinski definition) is 3. The van der Waals surface area contributed by atoms with Crippen molar-refractivity contribution in [1.82, 2.24) is 5.32 Å². The number of carbonyl (C=O) groups is 1. The first kappa shape index (κ1) is 17.1. The van der Waals surface area contributed by atoms with Gasteiger partial charge in [-0.3, -0.25) is 0 Å². The van der Waals surface area contributed by atoms with Gasteiger partial charge in [-0.15, -0.1) is 0 Å². The largest absolute Gasteiger partial charge is 0.444 e. The van der Waals surface area contributed by atoms with E-state index in [1.54, 1.807) is 0 Å². The summed E-state index contributed by atoms with van der Waals surface area (Å²) in [4.78, 5) is 11.8. The Bertz CT molecular complexity index is 506. The number of carbonyl (C=O) groups excluding carboxylic acids is 1. The lowest BCUT2D eigenvalue weighted by molar-refractivity contribution is 0.0492. The van der Waals surface area contributed by atoms with E-state index in [9.17, 15) is 4.79 Å². The van der Waals surface area contributed by atoms with E-state index in [-0.39, 0.29) is 12.1 Å². The van der Waals surface area contributed by atoms with Crippen LogP contribution in [0.2, 0.25) is 0 Å². The van der Waals surface area contributed by atoms with Gasteiger partial charge in [-0.25, -0.2) is 4.79 Å². The fourth-order valence-corrected chi connectivity index (χ4v) is 3.07. The Labute approximate surface area is 141 Å². The Hall–Kier alpha value is -1.23. The van der Waals surface area contributed by atoms with Gasteiger partial charge in [0.15, 0.2) is 0 Å². The van der Waals surface area contributed by atoms with E-state index in [0.717, 1.165) is 35.8 Å². The molecule has 1 aromatic carbocycles. The molecular weight excluding hydrogens is 344 g/mol. The Balaban J connectivity index is 1.75. The van der Waals surface area contributed by atoms with E-state index < -0.39 is 5.60 Å². The van der Waals surface area contributed by atoms with Crippen molar-refractivity contribution in [2.24, 2.45) is 0 Å². The quantitative estimate of drug-likeness (QED) is 0.812. The lowest BCUT2D eigenvalue weighted by Crippen LogP contribution is -2.42. The third-order valence-electron chi connectivity index (χ3n) is 3.64. The highest BCUT2D eigenvalue weighted by molar-refractivity contribution is 9.10. The number of rotatable bonds is 3. The minimum Gasteiger partial charge on any atom is -0.444 e. The molecule has 0 unspecified atom stereocenters. The molecule has 0 aliphatic heterocycles. The molecule has 22 heavy (non-hydrogen) atoms. The highest BCUT2D eigenvalue weighted by atomic mass is 79.9. The molecule has 0 spiro atoms. The number of alkyl carbamates (subject to hydrolysis) is 1. The Kier molecular flexibility index (Phi) is 5.73. The van der Waals surface area contributed by atoms with Crippen molar-refractivity contribution < 1.29 is 9.53 Å². The number of amides is 1. The number of benzene rings is 1. The van der Waals surface area contributed by atoms with E-state index in [2.05, 4.69) is 38.7 Å². The van der Waals surface area contributed by atoms with Crippen molar-refractivity contribution >= 4 is 27.7 Å². The van der Waals surface area contributed by atoms with Gasteiger partial charge in [0.05, 0.1) is 0 Å². The van der Waals surface area contributed by atoms with Crippen LogP contribution in [0.25, 0.3) is 0 Å². The Morgan fingerprint density at radius 1 is 1.18 bits per heavy atom. The van der Waals surface area contributed by atoms with Crippen LogP contribution >= 0.6 is 15.9 Å². The smallest absolute Gasteiger partial charge is 0.407 e. The third kappa shape index (κ3) is 5.87. The third-order valence-corrected chi connectivity index (χ3v) is 4.14. The van der Waals surface area contributed by atoms with E-state index in [4.69, 9.17) is 4.74 Å². The molecule has 0 bridgehead atoms. The van der Waals surface area contributed by atoms with Crippen LogP contribution in [0.4, 0.5) is 10.5 Å². The Morgan fingerprint density at radius 2 is 1.82 bits per heavy atom. The summed E-state index contributed by atoms with van der Waals surface area (Å²) in [6.07, 6.45) is 3.74. The highest BCUT2D eigenvalue weighted by Crippen LogP contribution is 2.24. The van der Waals surface area contributed by atoms with Gasteiger partial charge in [0.2, 0.25) is 0 Å². The van der Waals surface area contributed by atoms with Crippen LogP contribution < -0.4 is 10.6 Å². The van der Waals surface area contributed by atoms with Crippen LogP contribution in [0, 0.1) is 0 Å². The molecule has 1 saturated carbocycles. The molecule has 1 aromatic rings. The minimum atomic E-state index is -0.441. The van der Waals surface area contributed by atoms with Crippen LogP contribution in [0.15, 0.2) is 28.7 Å². The summed E-state index contributed by atoms with van der Waals surface area (Å²) in [6, 6.07) is 8.90. The highest BCUT2D eigenvalue weighted by Gasteiger charge is 2.24. The summed E-state index contributed by atoms with van der Waals surface area (Å²) in [7, 11) is 0. The molecule has 1 aliphatic carbocycles. The molecule has 2 rings (SSSR count). The van der Waals surface area contributed by atoms with Gasteiger partial charge in [0, 0.05) is 22.2 Å². The summed E-state index contributed by atoms with van der Waals surface area (Å²) >= 11 is 3.49. The monoisotopic (exact) mass is 368 g/mol. The van der Waals surface area contributed by atoms with Crippen molar-refractivity contribution in [3.8, 4) is 0 Å². The second-order valence-corrected chi connectivity index (χ2v) is 7.77. The van der Waals surface area contributed by atoms with Gasteiger partial charge in [-0.1, -0.05) is 22.0 Å². The fourth-order valence-electron chi connectivity index (χ4n) is 2.67. The Morgan fingerprint density at radius 3 is 2.41 bits per heavy atom. The van der Waals surface area contributed by atoms with E-state index in [1.165, 1.54) is 0 Å². The van der Waals surface area contributed by atoms with Gasteiger partial charge in [-0.2, -0.15) is 0 Å². The molecule has 1 aliphatic rings. The summed E-state index contributed by atoms with van der Waals surface area (Å²) in [5.74, 6) is 0. The molecule has 0 heterocycles. The normalized spacial score (nSPS) is 22.0. The lowest BCUT2D eigenvalue weighted by atomic mass is 9.91. The van der Waals surface area contributed by atoms with Gasteiger partial charge >= 0.3 is 6.09 Å². The summed E-state index contributed by atoms with van der Waals surface area (Å²) in [5.41, 5.74) is 0.696. The van der Waals surface area contributed by atoms with Crippen molar-refractivity contribution in [2.45, 2.75) is 64.1 Å². The molecular formula is C17H25BrN2O2. The average Bonchev–Trinajstić information content (AvgIpc) is 2.39. The molecule has 0 aromatic heterocycles. The summed E-state index contributed by atoms with van der Waals surface area (Å²) < 4.78 is 6.39. The maximum absolute atomic E-state index is 11.8. The van der Waals surface area contributed by atoms with Gasteiger partial charge in [0.25, 0.3) is 0 Å². The first-order valence-corrected chi connectivity index (χ1v) is 8.63. The average molecular weight is 369 g/mol.